The molecule has 0 unspecified atom stereocenters. The number of aliphatic carboxylic acids is 2. The summed E-state index contributed by atoms with van der Waals surface area (Å²) < 4.78 is 13.2. The predicted octanol–water partition coefficient (Wildman–Crippen LogP) is 2.21. The fourth-order valence-corrected chi connectivity index (χ4v) is 2.98. The zero-order valence-electron chi connectivity index (χ0n) is 16.1. The summed E-state index contributed by atoms with van der Waals surface area (Å²) in [7, 11) is 0. The number of nitro benzene ring substituents is 1. The van der Waals surface area contributed by atoms with Crippen molar-refractivity contribution in [3.8, 4) is 0 Å². The lowest BCUT2D eigenvalue weighted by Crippen LogP contribution is -2.45. The van der Waals surface area contributed by atoms with Gasteiger partial charge in [0.15, 0.2) is 0 Å². The van der Waals surface area contributed by atoms with Crippen molar-refractivity contribution in [1.29, 1.82) is 0 Å². The van der Waals surface area contributed by atoms with Gasteiger partial charge in [-0.25, -0.2) is 14.0 Å². The van der Waals surface area contributed by atoms with Gasteiger partial charge in [0.2, 0.25) is 0 Å². The van der Waals surface area contributed by atoms with E-state index in [1.807, 2.05) is 18.2 Å². The molecular weight excluding hydrogens is 397 g/mol. The van der Waals surface area contributed by atoms with Crippen LogP contribution in [0.15, 0.2) is 48.5 Å². The van der Waals surface area contributed by atoms with Gasteiger partial charge in [0, 0.05) is 51.4 Å². The normalized spacial score (nSPS) is 14.4. The van der Waals surface area contributed by atoms with Gasteiger partial charge >= 0.3 is 11.9 Å². The van der Waals surface area contributed by atoms with Crippen LogP contribution in [0.5, 0.6) is 0 Å². The Kier molecular flexibility index (Phi) is 8.39. The Bertz CT molecular complexity index is 870. The van der Waals surface area contributed by atoms with E-state index in [0.29, 0.717) is 0 Å². The molecule has 0 radical (unpaired) electrons. The van der Waals surface area contributed by atoms with Gasteiger partial charge in [0.1, 0.15) is 5.82 Å². The smallest absolute Gasteiger partial charge is 0.414 e. The summed E-state index contributed by atoms with van der Waals surface area (Å²) in [6.45, 7) is 5.31. The number of hydrogen-bond acceptors (Lipinski definition) is 6. The monoisotopic (exact) mass is 419 g/mol. The number of halogens is 1. The molecule has 1 fully saturated rings. The van der Waals surface area contributed by atoms with E-state index in [9.17, 15) is 14.5 Å². The van der Waals surface area contributed by atoms with Gasteiger partial charge in [-0.3, -0.25) is 19.9 Å². The highest BCUT2D eigenvalue weighted by Gasteiger charge is 2.17. The van der Waals surface area contributed by atoms with Gasteiger partial charge in [-0.05, 0) is 23.3 Å². The van der Waals surface area contributed by atoms with Gasteiger partial charge in [-0.2, -0.15) is 0 Å². The van der Waals surface area contributed by atoms with Crippen molar-refractivity contribution < 1.29 is 29.1 Å². The van der Waals surface area contributed by atoms with Crippen LogP contribution < -0.4 is 0 Å². The number of nitrogens with zero attached hydrogens (tertiary/aromatic N) is 3. The first kappa shape index (κ1) is 22.9. The molecule has 9 nitrogen and oxygen atoms in total. The summed E-state index contributed by atoms with van der Waals surface area (Å²) >= 11 is 0. The Morgan fingerprint density at radius 3 is 1.83 bits per heavy atom. The topological polar surface area (TPSA) is 124 Å². The number of rotatable bonds is 5. The number of non-ortho nitro benzene ring substituents is 1. The van der Waals surface area contributed by atoms with E-state index in [2.05, 4.69) is 9.80 Å². The van der Waals surface area contributed by atoms with Gasteiger partial charge < -0.3 is 10.2 Å². The second-order valence-electron chi connectivity index (χ2n) is 6.72. The van der Waals surface area contributed by atoms with E-state index >= 15 is 0 Å². The molecule has 0 amide bonds. The van der Waals surface area contributed by atoms with Gasteiger partial charge in [0.25, 0.3) is 5.69 Å². The number of hydrogen-bond donors (Lipinski definition) is 2. The predicted molar refractivity (Wildman–Crippen MR) is 105 cm³/mol. The maximum absolute atomic E-state index is 13.2. The third kappa shape index (κ3) is 7.57. The summed E-state index contributed by atoms with van der Waals surface area (Å²) in [5, 5.41) is 25.5. The van der Waals surface area contributed by atoms with E-state index in [0.717, 1.165) is 50.4 Å². The highest BCUT2D eigenvalue weighted by atomic mass is 19.1. The zero-order valence-corrected chi connectivity index (χ0v) is 16.1. The molecule has 0 aliphatic carbocycles. The van der Waals surface area contributed by atoms with Crippen LogP contribution in [0.25, 0.3) is 0 Å². The molecule has 1 heterocycles. The minimum absolute atomic E-state index is 0.124. The van der Waals surface area contributed by atoms with E-state index in [1.54, 1.807) is 24.3 Å². The molecule has 3 rings (SSSR count). The Labute approximate surface area is 172 Å². The van der Waals surface area contributed by atoms with E-state index in [-0.39, 0.29) is 16.4 Å². The van der Waals surface area contributed by atoms with Crippen LogP contribution in [-0.4, -0.2) is 63.1 Å². The largest absolute Gasteiger partial charge is 0.473 e. The lowest BCUT2D eigenvalue weighted by Gasteiger charge is -2.34. The SMILES string of the molecule is O=C(O)C(=O)O.O=[N+]([O-])c1ccc(CN2CCN(Cc3cccc(F)c3)CC2)cc1. The van der Waals surface area contributed by atoms with Crippen LogP contribution in [0.3, 0.4) is 0 Å². The highest BCUT2D eigenvalue weighted by Crippen LogP contribution is 2.15. The molecule has 1 aliphatic rings. The van der Waals surface area contributed by atoms with E-state index in [4.69, 9.17) is 19.8 Å². The summed E-state index contributed by atoms with van der Waals surface area (Å²) in [6.07, 6.45) is 0. The fraction of sp³-hybridized carbons (Fsp3) is 0.300. The van der Waals surface area contributed by atoms with Crippen molar-refractivity contribution in [3.05, 3.63) is 75.6 Å². The average molecular weight is 419 g/mol. The van der Waals surface area contributed by atoms with Gasteiger partial charge in [-0.1, -0.05) is 24.3 Å². The molecular formula is C20H22FN3O6. The molecule has 0 saturated carbocycles. The molecule has 160 valence electrons. The molecule has 10 heteroatoms. The molecule has 0 aromatic heterocycles. The van der Waals surface area contributed by atoms with Crippen LogP contribution in [0.1, 0.15) is 11.1 Å². The molecule has 1 saturated heterocycles. The van der Waals surface area contributed by atoms with E-state index < -0.39 is 11.9 Å². The lowest BCUT2D eigenvalue weighted by atomic mass is 10.1. The fourth-order valence-electron chi connectivity index (χ4n) is 2.98. The quantitative estimate of drug-likeness (QED) is 0.429. The highest BCUT2D eigenvalue weighted by molar-refractivity contribution is 6.27. The zero-order chi connectivity index (χ0) is 22.1. The van der Waals surface area contributed by atoms with Crippen molar-refractivity contribution in [2.45, 2.75) is 13.1 Å². The lowest BCUT2D eigenvalue weighted by molar-refractivity contribution is -0.384. The maximum Gasteiger partial charge on any atom is 0.414 e. The minimum atomic E-state index is -1.82. The Balaban J connectivity index is 0.000000469. The first-order valence-electron chi connectivity index (χ1n) is 9.13. The summed E-state index contributed by atoms with van der Waals surface area (Å²) in [6, 6.07) is 13.5. The molecule has 0 atom stereocenters. The first-order chi connectivity index (χ1) is 14.2. The second kappa shape index (κ2) is 11.0. The van der Waals surface area contributed by atoms with Gasteiger partial charge in [0.05, 0.1) is 4.92 Å². The van der Waals surface area contributed by atoms with Gasteiger partial charge in [-0.15, -0.1) is 0 Å². The molecule has 0 spiro atoms. The van der Waals surface area contributed by atoms with E-state index in [1.165, 1.54) is 6.07 Å². The van der Waals surface area contributed by atoms with Crippen LogP contribution in [0.2, 0.25) is 0 Å². The van der Waals surface area contributed by atoms with Crippen LogP contribution in [0, 0.1) is 15.9 Å². The number of benzene rings is 2. The molecule has 1 aliphatic heterocycles. The third-order valence-electron chi connectivity index (χ3n) is 4.50. The summed E-state index contributed by atoms with van der Waals surface area (Å²) in [4.78, 5) is 33.2. The van der Waals surface area contributed by atoms with Crippen molar-refractivity contribution in [2.75, 3.05) is 26.2 Å². The van der Waals surface area contributed by atoms with Crippen LogP contribution >= 0.6 is 0 Å². The number of nitro groups is 1. The van der Waals surface area contributed by atoms with Crippen molar-refractivity contribution >= 4 is 17.6 Å². The van der Waals surface area contributed by atoms with Crippen molar-refractivity contribution in [1.82, 2.24) is 9.80 Å². The molecule has 2 N–H and O–H groups in total. The van der Waals surface area contributed by atoms with Crippen molar-refractivity contribution in [2.24, 2.45) is 0 Å². The minimum Gasteiger partial charge on any atom is -0.473 e. The number of piperazine rings is 1. The van der Waals surface area contributed by atoms with Crippen LogP contribution in [-0.2, 0) is 22.7 Å². The Morgan fingerprint density at radius 1 is 0.900 bits per heavy atom. The number of carboxylic acid groups (broad SMARTS) is 2. The Hall–Kier alpha value is -3.37. The Morgan fingerprint density at radius 2 is 1.40 bits per heavy atom. The summed E-state index contributed by atoms with van der Waals surface area (Å²) in [5.41, 5.74) is 2.21. The number of carbonyl (C=O) groups is 2. The number of carboxylic acids is 2. The first-order valence-corrected chi connectivity index (χ1v) is 9.13. The molecule has 0 bridgehead atoms. The second-order valence-corrected chi connectivity index (χ2v) is 6.72. The van der Waals surface area contributed by atoms with Crippen LogP contribution in [0.4, 0.5) is 10.1 Å². The van der Waals surface area contributed by atoms with Crippen molar-refractivity contribution in [3.63, 3.8) is 0 Å². The molecule has 2 aromatic rings. The molecule has 30 heavy (non-hydrogen) atoms. The standard InChI is InChI=1S/C18H20FN3O2.C2H2O4/c19-17-3-1-2-16(12-17)14-21-10-8-20(9-11-21)13-15-4-6-18(7-5-15)22(23)24;3-1(4)2(5)6/h1-7,12H,8-11,13-14H2;(H,3,4)(H,5,6). The summed E-state index contributed by atoms with van der Waals surface area (Å²) in [5.74, 6) is -3.84. The average Bonchev–Trinajstić information content (AvgIpc) is 2.70. The maximum atomic E-state index is 13.2. The molecule has 2 aromatic carbocycles. The third-order valence-corrected chi connectivity index (χ3v) is 4.50.